The van der Waals surface area contributed by atoms with E-state index in [2.05, 4.69) is 4.98 Å². The fraction of sp³-hybridized carbons (Fsp3) is 0. The molecule has 5 heteroatoms. The highest BCUT2D eigenvalue weighted by atomic mass is 19.1. The minimum Gasteiger partial charge on any atom is -0.477 e. The predicted molar refractivity (Wildman–Crippen MR) is 76.0 cm³/mol. The number of aromatic amines is 1. The zero-order valence-corrected chi connectivity index (χ0v) is 10.8. The molecule has 2 aromatic carbocycles. The molecule has 104 valence electrons. The van der Waals surface area contributed by atoms with Crippen LogP contribution in [0.2, 0.25) is 0 Å². The number of benzene rings is 2. The number of rotatable bonds is 3. The van der Waals surface area contributed by atoms with Crippen LogP contribution in [0.3, 0.4) is 0 Å². The van der Waals surface area contributed by atoms with E-state index in [1.54, 1.807) is 24.3 Å². The highest BCUT2D eigenvalue weighted by Crippen LogP contribution is 2.34. The van der Waals surface area contributed by atoms with Crippen LogP contribution < -0.4 is 0 Å². The molecule has 0 saturated carbocycles. The molecule has 0 fully saturated rings. The summed E-state index contributed by atoms with van der Waals surface area (Å²) in [6, 6.07) is 10.6. The molecule has 0 radical (unpaired) electrons. The minimum atomic E-state index is -1.16. The van der Waals surface area contributed by atoms with Gasteiger partial charge < -0.3 is 10.1 Å². The summed E-state index contributed by atoms with van der Waals surface area (Å²) in [4.78, 5) is 25.4. The van der Waals surface area contributed by atoms with Crippen LogP contribution in [0.5, 0.6) is 0 Å². The van der Waals surface area contributed by atoms with Crippen molar-refractivity contribution in [3.63, 3.8) is 0 Å². The van der Waals surface area contributed by atoms with Gasteiger partial charge in [-0.1, -0.05) is 24.3 Å². The van der Waals surface area contributed by atoms with E-state index in [4.69, 9.17) is 0 Å². The molecule has 0 aliphatic carbocycles. The maximum atomic E-state index is 13.5. The molecule has 3 aromatic rings. The van der Waals surface area contributed by atoms with E-state index in [0.29, 0.717) is 33.9 Å². The second-order valence-corrected chi connectivity index (χ2v) is 4.58. The summed E-state index contributed by atoms with van der Waals surface area (Å²) in [5, 5.41) is 9.78. The Labute approximate surface area is 118 Å². The first-order valence-corrected chi connectivity index (χ1v) is 6.21. The van der Waals surface area contributed by atoms with E-state index in [1.165, 1.54) is 18.2 Å². The van der Waals surface area contributed by atoms with Crippen LogP contribution in [0.25, 0.3) is 22.0 Å². The van der Waals surface area contributed by atoms with Crippen LogP contribution in [0, 0.1) is 5.82 Å². The van der Waals surface area contributed by atoms with Gasteiger partial charge in [0.05, 0.1) is 0 Å². The summed E-state index contributed by atoms with van der Waals surface area (Å²) in [5.74, 6) is -1.63. The summed E-state index contributed by atoms with van der Waals surface area (Å²) in [5.41, 5.74) is 1.57. The van der Waals surface area contributed by atoms with Crippen molar-refractivity contribution in [1.29, 1.82) is 0 Å². The second kappa shape index (κ2) is 4.86. The van der Waals surface area contributed by atoms with Crippen LogP contribution in [0.1, 0.15) is 20.8 Å². The summed E-state index contributed by atoms with van der Waals surface area (Å²) in [7, 11) is 0. The molecule has 0 amide bonds. The number of carbonyl (C=O) groups excluding carboxylic acids is 1. The van der Waals surface area contributed by atoms with E-state index >= 15 is 0 Å². The predicted octanol–water partition coefficient (Wildman–Crippen LogP) is 3.48. The molecule has 2 N–H and O–H groups in total. The van der Waals surface area contributed by atoms with Crippen molar-refractivity contribution in [3.8, 4) is 11.1 Å². The van der Waals surface area contributed by atoms with Crippen LogP contribution in [0.15, 0.2) is 42.5 Å². The normalized spacial score (nSPS) is 10.7. The molecular formula is C16H10FNO3. The standard InChI is InChI=1S/C16H10FNO3/c17-10-5-6-13-12(7-10)14(15(18-13)16(20)21)11-4-2-1-3-9(11)8-19/h1-8,18H,(H,20,21). The van der Waals surface area contributed by atoms with Gasteiger partial charge in [0.15, 0.2) is 6.29 Å². The first-order valence-electron chi connectivity index (χ1n) is 6.21. The first-order chi connectivity index (χ1) is 10.1. The lowest BCUT2D eigenvalue weighted by atomic mass is 9.97. The SMILES string of the molecule is O=Cc1ccccc1-c1c(C(=O)O)[nH]c2ccc(F)cc12. The molecule has 0 bridgehead atoms. The van der Waals surface area contributed by atoms with Crippen molar-refractivity contribution in [2.75, 3.05) is 0 Å². The number of aromatic carboxylic acids is 1. The number of halogens is 1. The smallest absolute Gasteiger partial charge is 0.352 e. The van der Waals surface area contributed by atoms with Gasteiger partial charge in [-0.25, -0.2) is 9.18 Å². The Morgan fingerprint density at radius 3 is 2.67 bits per heavy atom. The molecule has 1 aromatic heterocycles. The number of hydrogen-bond acceptors (Lipinski definition) is 2. The Kier molecular flexibility index (Phi) is 3.02. The lowest BCUT2D eigenvalue weighted by Crippen LogP contribution is -2.00. The van der Waals surface area contributed by atoms with Crippen LogP contribution in [0.4, 0.5) is 4.39 Å². The molecule has 0 spiro atoms. The molecule has 3 rings (SSSR count). The van der Waals surface area contributed by atoms with Gasteiger partial charge in [-0.05, 0) is 23.8 Å². The molecule has 0 unspecified atom stereocenters. The van der Waals surface area contributed by atoms with Crippen molar-refractivity contribution in [2.45, 2.75) is 0 Å². The lowest BCUT2D eigenvalue weighted by molar-refractivity contribution is 0.0692. The van der Waals surface area contributed by atoms with Gasteiger partial charge in [-0.3, -0.25) is 4.79 Å². The molecule has 0 atom stereocenters. The molecular weight excluding hydrogens is 273 g/mol. The van der Waals surface area contributed by atoms with Crippen molar-refractivity contribution in [1.82, 2.24) is 4.98 Å². The Bertz CT molecular complexity index is 867. The summed E-state index contributed by atoms with van der Waals surface area (Å²) < 4.78 is 13.5. The average Bonchev–Trinajstić information content (AvgIpc) is 2.85. The van der Waals surface area contributed by atoms with E-state index in [0.717, 1.165) is 0 Å². The number of carboxylic acid groups (broad SMARTS) is 1. The zero-order chi connectivity index (χ0) is 15.0. The molecule has 0 aliphatic rings. The number of aromatic nitrogens is 1. The Hall–Kier alpha value is -2.95. The Balaban J connectivity index is 2.44. The average molecular weight is 283 g/mol. The number of aldehydes is 1. The number of nitrogens with one attached hydrogen (secondary N) is 1. The third kappa shape index (κ3) is 2.08. The summed E-state index contributed by atoms with van der Waals surface area (Å²) >= 11 is 0. The van der Waals surface area contributed by atoms with Gasteiger partial charge in [-0.2, -0.15) is 0 Å². The van der Waals surface area contributed by atoms with Gasteiger partial charge in [-0.15, -0.1) is 0 Å². The van der Waals surface area contributed by atoms with Gasteiger partial charge in [0.1, 0.15) is 11.5 Å². The fourth-order valence-corrected chi connectivity index (χ4v) is 2.43. The van der Waals surface area contributed by atoms with Crippen molar-refractivity contribution >= 4 is 23.2 Å². The maximum absolute atomic E-state index is 13.5. The monoisotopic (exact) mass is 283 g/mol. The van der Waals surface area contributed by atoms with Crippen LogP contribution in [-0.2, 0) is 0 Å². The largest absolute Gasteiger partial charge is 0.477 e. The highest BCUT2D eigenvalue weighted by Gasteiger charge is 2.20. The molecule has 1 heterocycles. The first kappa shape index (κ1) is 13.1. The molecule has 0 aliphatic heterocycles. The van der Waals surface area contributed by atoms with Crippen LogP contribution in [-0.4, -0.2) is 22.3 Å². The van der Waals surface area contributed by atoms with E-state index in [9.17, 15) is 19.1 Å². The van der Waals surface area contributed by atoms with Crippen molar-refractivity contribution < 1.29 is 19.1 Å². The van der Waals surface area contributed by atoms with Gasteiger partial charge in [0.25, 0.3) is 0 Å². The Morgan fingerprint density at radius 1 is 1.19 bits per heavy atom. The lowest BCUT2D eigenvalue weighted by Gasteiger charge is -2.05. The number of H-pyrrole nitrogens is 1. The summed E-state index contributed by atoms with van der Waals surface area (Å²) in [6.07, 6.45) is 0.652. The number of hydrogen-bond donors (Lipinski definition) is 2. The second-order valence-electron chi connectivity index (χ2n) is 4.58. The van der Waals surface area contributed by atoms with E-state index in [-0.39, 0.29) is 5.69 Å². The fourth-order valence-electron chi connectivity index (χ4n) is 2.43. The number of carbonyl (C=O) groups is 2. The maximum Gasteiger partial charge on any atom is 0.352 e. The van der Waals surface area contributed by atoms with E-state index < -0.39 is 11.8 Å². The molecule has 0 saturated heterocycles. The van der Waals surface area contributed by atoms with Crippen molar-refractivity contribution in [3.05, 3.63) is 59.5 Å². The van der Waals surface area contributed by atoms with E-state index in [1.807, 2.05) is 0 Å². The number of carboxylic acids is 1. The Morgan fingerprint density at radius 2 is 1.95 bits per heavy atom. The highest BCUT2D eigenvalue weighted by molar-refractivity contribution is 6.09. The third-order valence-electron chi connectivity index (χ3n) is 3.33. The molecule has 4 nitrogen and oxygen atoms in total. The van der Waals surface area contributed by atoms with Gasteiger partial charge in [0.2, 0.25) is 0 Å². The zero-order valence-electron chi connectivity index (χ0n) is 10.8. The van der Waals surface area contributed by atoms with Gasteiger partial charge >= 0.3 is 5.97 Å². The summed E-state index contributed by atoms with van der Waals surface area (Å²) in [6.45, 7) is 0. The molecule has 21 heavy (non-hydrogen) atoms. The van der Waals surface area contributed by atoms with Gasteiger partial charge in [0, 0.05) is 22.0 Å². The van der Waals surface area contributed by atoms with Crippen molar-refractivity contribution in [2.24, 2.45) is 0 Å². The minimum absolute atomic E-state index is 0.0649. The topological polar surface area (TPSA) is 70.2 Å². The van der Waals surface area contributed by atoms with Crippen LogP contribution >= 0.6 is 0 Å². The quantitative estimate of drug-likeness (QED) is 0.723. The third-order valence-corrected chi connectivity index (χ3v) is 3.33. The number of fused-ring (bicyclic) bond motifs is 1.